The van der Waals surface area contributed by atoms with Crippen LogP contribution in [0.4, 0.5) is 0 Å². The van der Waals surface area contributed by atoms with Crippen LogP contribution in [-0.2, 0) is 38.4 Å². The van der Waals surface area contributed by atoms with Crippen LogP contribution in [0.1, 0.15) is 349 Å². The van der Waals surface area contributed by atoms with E-state index in [0.29, 0.717) is 54.7 Å². The molecular formula is C114H174N6O18. The average Bonchev–Trinajstić information content (AvgIpc) is 0.650. The molecule has 0 aliphatic carbocycles. The first-order chi connectivity index (χ1) is 90.6. The van der Waals surface area contributed by atoms with E-state index in [1.54, 1.807) is 13.8 Å². The number of piperidine rings is 6. The molecule has 0 amide bonds. The molecule has 24 heteroatoms. The SMILES string of the molecule is [2H]c1c(OC([2H])([2H])[2H])c(OC)c([2H])c2c1C1CC(O)C(CC(C)C)CN1C([2H])([2H])C2([2H])[2H].[2H]c1c(OC)c(OC)c([2H])c2c1C1CC(O)C(CC(C)C)CN1C([2H])([2H])C2([2H])[2H].[2H]c1c(OC)c(OC)c([2H])c2c1C1CC(O)C(CC(C)C)CN1C([2H])([2H])C2([2H])[2H].[2H]c1c2c(c([2H])c(OC([2H])([2H])[2H])c1OC)C1N(CC2)C([2H])([2H])C([2H])(C([2H])([2H])C([2H])(C)C([2H])([2H])[2H])C([2H])(O)C1([2H])[2H].[2H]c1c2c(c([2H])c(OC([2H])([2H])[2H])c1OC)C1N(CC2)C([2H])([2H])C([2H])(CC(C)C)C([2H])(O)C1([2H])[2H].[2H]c1c2c(c([2H])c(OC)c1OC)C1N(CC2)C([2H])([2H])C([2H])(C([2H])([2H])C([2H])(C)C([2H])([2H])[2H])C([2H])(O)C1([2H])[2H]. The Morgan fingerprint density at radius 1 is 0.326 bits per heavy atom. The van der Waals surface area contributed by atoms with Gasteiger partial charge in [0.1, 0.15) is 0 Å². The quantitative estimate of drug-likeness (QED) is 0.0329. The molecule has 768 valence electrons. The van der Waals surface area contributed by atoms with Crippen molar-refractivity contribution in [3.05, 3.63) is 139 Å². The summed E-state index contributed by atoms with van der Waals surface area (Å²) in [4.78, 5) is 6.38. The summed E-state index contributed by atoms with van der Waals surface area (Å²) in [6.45, 7) is -8.25. The van der Waals surface area contributed by atoms with Gasteiger partial charge in [0.25, 0.3) is 0 Å². The van der Waals surface area contributed by atoms with Crippen LogP contribution in [0.15, 0.2) is 72.5 Å². The van der Waals surface area contributed by atoms with Gasteiger partial charge in [-0.05, 0) is 325 Å². The van der Waals surface area contributed by atoms with Gasteiger partial charge in [0.2, 0.25) is 0 Å². The van der Waals surface area contributed by atoms with Crippen LogP contribution < -0.4 is 56.8 Å². The number of aliphatic hydroxyl groups excluding tert-OH is 3. The number of nitrogens with zero attached hydrogens (tertiary/aromatic N) is 6. The predicted molar refractivity (Wildman–Crippen MR) is 547 cm³/mol. The number of fused-ring (bicyclic) bond motifs is 18. The third-order valence-corrected chi connectivity index (χ3v) is 25.1. The van der Waals surface area contributed by atoms with Gasteiger partial charge < -0.3 is 87.5 Å². The number of rotatable bonds is 24. The van der Waals surface area contributed by atoms with Gasteiger partial charge in [-0.1, -0.05) is 82.9 Å². The molecule has 12 aliphatic rings. The molecule has 24 nitrogen and oxygen atoms in total. The van der Waals surface area contributed by atoms with Gasteiger partial charge in [-0.25, -0.2) is 0 Å². The van der Waals surface area contributed by atoms with Crippen molar-refractivity contribution in [2.45, 2.75) is 271 Å². The molecule has 6 N–H and O–H groups in total. The molecule has 20 unspecified atom stereocenters. The fraction of sp³-hybridized carbons (Fsp3) is 0.684. The smallest absolute Gasteiger partial charge is 0.161 e. The van der Waals surface area contributed by atoms with E-state index in [1.807, 2.05) is 41.5 Å². The first-order valence-electron chi connectivity index (χ1n) is 77.4. The Hall–Kier alpha value is -7.56. The van der Waals surface area contributed by atoms with Crippen molar-refractivity contribution in [2.24, 2.45) is 70.9 Å². The van der Waals surface area contributed by atoms with Crippen LogP contribution in [-0.4, -0.2) is 260 Å². The molecule has 20 atom stereocenters. The number of methoxy groups -OCH3 is 12. The second kappa shape index (κ2) is 49.1. The molecular weight excluding hydrogens is 1740 g/mol. The molecule has 0 bridgehead atoms. The van der Waals surface area contributed by atoms with Crippen LogP contribution >= 0.6 is 0 Å². The van der Waals surface area contributed by atoms with Gasteiger partial charge in [0.15, 0.2) is 69.0 Å². The van der Waals surface area contributed by atoms with Crippen LogP contribution in [0.25, 0.3) is 0 Å². The van der Waals surface area contributed by atoms with E-state index in [4.69, 9.17) is 143 Å². The van der Waals surface area contributed by atoms with Gasteiger partial charge in [0.05, 0.1) is 155 Å². The normalized spacial score (nSPS) is 43.2. The lowest BCUT2D eigenvalue weighted by molar-refractivity contribution is -0.0192. The summed E-state index contributed by atoms with van der Waals surface area (Å²) in [6, 6.07) is -13.4. The summed E-state index contributed by atoms with van der Waals surface area (Å²) in [7, 11) is 1.97. The summed E-state index contributed by atoms with van der Waals surface area (Å²) >= 11 is 0. The molecule has 0 aromatic heterocycles. The van der Waals surface area contributed by atoms with Gasteiger partial charge in [0, 0.05) is 168 Å². The lowest BCUT2D eigenvalue weighted by atomic mass is 9.79. The predicted octanol–water partition coefficient (Wildman–Crippen LogP) is 18.2. The minimum absolute atomic E-state index is 0.0187. The molecule has 138 heavy (non-hydrogen) atoms. The lowest BCUT2D eigenvalue weighted by Crippen LogP contribution is -2.48. The Bertz CT molecular complexity index is 8000. The number of ether oxygens (including phenoxy) is 12. The van der Waals surface area contributed by atoms with Crippen molar-refractivity contribution in [1.29, 1.82) is 0 Å². The highest BCUT2D eigenvalue weighted by molar-refractivity contribution is 5.55. The maximum Gasteiger partial charge on any atom is 0.161 e. The maximum atomic E-state index is 11.4. The molecule has 0 saturated carbocycles. The van der Waals surface area contributed by atoms with Crippen LogP contribution in [0.2, 0.25) is 0 Å². The van der Waals surface area contributed by atoms with Gasteiger partial charge in [-0.15, -0.1) is 0 Å². The molecule has 6 fully saturated rings. The van der Waals surface area contributed by atoms with E-state index < -0.39 is 311 Å². The Kier molecular flexibility index (Phi) is 18.4. The van der Waals surface area contributed by atoms with Gasteiger partial charge in [-0.2, -0.15) is 0 Å². The highest BCUT2D eigenvalue weighted by Crippen LogP contribution is 2.52. The molecule has 6 aromatic carbocycles. The highest BCUT2D eigenvalue weighted by atomic mass is 16.5. The van der Waals surface area contributed by atoms with Crippen molar-refractivity contribution < 1.29 is 174 Å². The zero-order chi connectivity index (χ0) is 155. The van der Waals surface area contributed by atoms with Crippen LogP contribution in [0.5, 0.6) is 69.0 Å². The molecule has 6 aromatic rings. The minimum atomic E-state index is -4.13. The average molecular weight is 1980 g/mol. The summed E-state index contributed by atoms with van der Waals surface area (Å²) < 4.78 is 589. The molecule has 12 aliphatic heterocycles. The van der Waals surface area contributed by atoms with Crippen molar-refractivity contribution in [3.63, 3.8) is 0 Å². The van der Waals surface area contributed by atoms with E-state index in [0.717, 1.165) is 19.1 Å². The van der Waals surface area contributed by atoms with Crippen LogP contribution in [0.3, 0.4) is 0 Å². The van der Waals surface area contributed by atoms with E-state index in [-0.39, 0.29) is 238 Å². The zero-order valence-corrected chi connectivity index (χ0v) is 81.3. The number of benzene rings is 6. The molecule has 0 radical (unpaired) electrons. The van der Waals surface area contributed by atoms with E-state index >= 15 is 0 Å². The van der Waals surface area contributed by atoms with Crippen LogP contribution in [0, 0.1) is 70.9 Å². The molecule has 18 rings (SSSR count). The third kappa shape index (κ3) is 25.4. The van der Waals surface area contributed by atoms with Crippen molar-refractivity contribution in [1.82, 2.24) is 29.4 Å². The minimum Gasteiger partial charge on any atom is -0.493 e. The number of aliphatic hydroxyl groups is 6. The number of hydrogen-bond donors (Lipinski definition) is 6. The van der Waals surface area contributed by atoms with Crippen molar-refractivity contribution in [2.75, 3.05) is 163 Å². The lowest BCUT2D eigenvalue weighted by Gasteiger charge is -2.46. The summed E-state index contributed by atoms with van der Waals surface area (Å²) in [5, 5.41) is 66.2. The van der Waals surface area contributed by atoms with E-state index in [2.05, 4.69) is 0 Å². The Balaban J connectivity index is 0.000000194. The molecule has 12 heterocycles. The Labute approximate surface area is 915 Å². The second-order valence-electron chi connectivity index (χ2n) is 36.6. The number of hydrogen-bond acceptors (Lipinski definition) is 24. The third-order valence-electron chi connectivity index (χ3n) is 25.1. The summed E-state index contributed by atoms with van der Waals surface area (Å²) in [6.07, 6.45) is -37.6. The first kappa shape index (κ1) is 51.8. The molecule has 0 spiro atoms. The van der Waals surface area contributed by atoms with Crippen molar-refractivity contribution in [3.8, 4) is 69.0 Å². The largest absolute Gasteiger partial charge is 0.493 e. The van der Waals surface area contributed by atoms with E-state index in [1.165, 1.54) is 64.5 Å². The Morgan fingerprint density at radius 3 is 0.804 bits per heavy atom. The van der Waals surface area contributed by atoms with E-state index in [9.17, 15) is 30.6 Å². The van der Waals surface area contributed by atoms with Gasteiger partial charge >= 0.3 is 0 Å². The maximum absolute atomic E-state index is 11.4. The zero-order valence-electron chi connectivity index (χ0n) is 144. The second-order valence-corrected chi connectivity index (χ2v) is 36.6. The monoisotopic (exact) mass is 1980 g/mol. The summed E-state index contributed by atoms with van der Waals surface area (Å²) in [5.41, 5.74) is -1.47. The first-order valence-corrected chi connectivity index (χ1v) is 45.9. The summed E-state index contributed by atoms with van der Waals surface area (Å²) in [5.74, 6) is -21.0. The standard InChI is InChI=1S/6C19H29NO3/c6*1-12(2)7-14-11-20-6-5-13-8-18(22-3)19(23-4)9-15(13)16(20)10-17(14)21/h6*8-9,12,14,16-17,21H,5-7,10-11H2,1-4H3/i1D3,4D3,7D2,8D,9D,10D2,11D2,12D,14D,17D;1D3,7D2,8D,9D,10D2,11D2,12D,14D,17D;4D3,8D,9D,10D2,11D2,14D,17D;4D3,5D2,6D2,8D,9D;2*5D2,6D2,8D,9D. The fourth-order valence-corrected chi connectivity index (χ4v) is 18.8. The topological polar surface area (TPSA) is 252 Å². The fourth-order valence-electron chi connectivity index (χ4n) is 18.8. The highest BCUT2D eigenvalue weighted by Gasteiger charge is 2.47. The molecule has 6 saturated heterocycles. The Morgan fingerprint density at radius 2 is 0.558 bits per heavy atom. The van der Waals surface area contributed by atoms with Crippen molar-refractivity contribution >= 4 is 0 Å². The van der Waals surface area contributed by atoms with Gasteiger partial charge in [-0.3, -0.25) is 29.4 Å².